The van der Waals surface area contributed by atoms with Crippen molar-refractivity contribution in [2.45, 2.75) is 26.2 Å². The van der Waals surface area contributed by atoms with Crippen molar-refractivity contribution in [1.82, 2.24) is 10.0 Å². The minimum atomic E-state index is -1.08. The minimum absolute atomic E-state index is 0.116. The Hall–Kier alpha value is -1.14. The maximum absolute atomic E-state index is 11.1. The molecule has 0 radical (unpaired) electrons. The lowest BCUT2D eigenvalue weighted by Crippen LogP contribution is -2.53. The molecule has 0 saturated carbocycles. The number of hydrogen-bond acceptors (Lipinski definition) is 4. The Morgan fingerprint density at radius 2 is 2.38 bits per heavy atom. The van der Waals surface area contributed by atoms with Crippen LogP contribution in [0.5, 0.6) is 0 Å². The van der Waals surface area contributed by atoms with E-state index in [0.29, 0.717) is 32.0 Å². The Balaban J connectivity index is 2.70. The molecular formula is C10H20N4O2. The van der Waals surface area contributed by atoms with Gasteiger partial charge in [-0.1, -0.05) is 6.92 Å². The van der Waals surface area contributed by atoms with Gasteiger partial charge in [-0.05, 0) is 25.3 Å². The maximum Gasteiger partial charge on any atom is 0.427 e. The molecule has 0 aliphatic carbocycles. The van der Waals surface area contributed by atoms with Crippen LogP contribution in [0.4, 0.5) is 4.79 Å². The maximum atomic E-state index is 11.1. The van der Waals surface area contributed by atoms with Crippen LogP contribution in [-0.2, 0) is 0 Å². The fourth-order valence-electron chi connectivity index (χ4n) is 1.97. The van der Waals surface area contributed by atoms with E-state index in [1.807, 2.05) is 0 Å². The fraction of sp³-hybridized carbons (Fsp3) is 0.800. The summed E-state index contributed by atoms with van der Waals surface area (Å²) in [5.41, 5.74) is 5.60. The number of piperidine rings is 1. The molecule has 1 aliphatic heterocycles. The van der Waals surface area contributed by atoms with E-state index >= 15 is 0 Å². The normalized spacial score (nSPS) is 21.8. The number of rotatable bonds is 3. The molecule has 1 atom stereocenters. The van der Waals surface area contributed by atoms with Crippen LogP contribution in [0.15, 0.2) is 0 Å². The fourth-order valence-corrected chi connectivity index (χ4v) is 1.97. The van der Waals surface area contributed by atoms with Gasteiger partial charge in [-0.2, -0.15) is 5.01 Å². The van der Waals surface area contributed by atoms with Gasteiger partial charge in [0.15, 0.2) is 0 Å². The number of hydrogen-bond donors (Lipinski definition) is 3. The summed E-state index contributed by atoms with van der Waals surface area (Å²) >= 11 is 0. The molecule has 1 saturated heterocycles. The van der Waals surface area contributed by atoms with Crippen LogP contribution in [0.2, 0.25) is 0 Å². The van der Waals surface area contributed by atoms with Gasteiger partial charge in [0, 0.05) is 19.5 Å². The minimum Gasteiger partial charge on any atom is -0.464 e. The molecule has 16 heavy (non-hydrogen) atoms. The van der Waals surface area contributed by atoms with E-state index in [2.05, 4.69) is 0 Å². The molecule has 0 spiro atoms. The van der Waals surface area contributed by atoms with Crippen LogP contribution in [-0.4, -0.2) is 46.7 Å². The Morgan fingerprint density at radius 3 is 2.88 bits per heavy atom. The summed E-state index contributed by atoms with van der Waals surface area (Å²) < 4.78 is 0. The summed E-state index contributed by atoms with van der Waals surface area (Å²) in [6.07, 6.45) is 1.31. The molecule has 0 bridgehead atoms. The average molecular weight is 228 g/mol. The Labute approximate surface area is 95.5 Å². The number of nitrogens with two attached hydrogens (primary N) is 1. The third-order valence-electron chi connectivity index (χ3n) is 2.89. The molecule has 1 heterocycles. The van der Waals surface area contributed by atoms with Gasteiger partial charge in [-0.3, -0.25) is 5.41 Å². The van der Waals surface area contributed by atoms with E-state index in [0.717, 1.165) is 17.9 Å². The van der Waals surface area contributed by atoms with E-state index < -0.39 is 6.09 Å². The van der Waals surface area contributed by atoms with Gasteiger partial charge in [-0.25, -0.2) is 9.80 Å². The molecule has 0 aromatic rings. The van der Waals surface area contributed by atoms with Crippen LogP contribution < -0.4 is 5.73 Å². The van der Waals surface area contributed by atoms with Crippen LogP contribution in [0, 0.1) is 11.3 Å². The summed E-state index contributed by atoms with van der Waals surface area (Å²) in [5, 5.41) is 19.5. The van der Waals surface area contributed by atoms with Crippen LogP contribution in [0.25, 0.3) is 0 Å². The third kappa shape index (κ3) is 2.93. The molecule has 0 aromatic heterocycles. The number of amides is 1. The molecular weight excluding hydrogens is 208 g/mol. The number of carbonyl (C=O) groups is 1. The average Bonchev–Trinajstić information content (AvgIpc) is 2.29. The number of carboxylic acid groups (broad SMARTS) is 1. The molecule has 4 N–H and O–H groups in total. The van der Waals surface area contributed by atoms with E-state index in [4.69, 9.17) is 16.2 Å². The molecule has 6 nitrogen and oxygen atoms in total. The first-order chi connectivity index (χ1) is 7.60. The van der Waals surface area contributed by atoms with Gasteiger partial charge in [0.2, 0.25) is 0 Å². The first-order valence-corrected chi connectivity index (χ1v) is 5.65. The molecule has 1 fully saturated rings. The number of amidine groups is 1. The van der Waals surface area contributed by atoms with Crippen molar-refractivity contribution in [3.63, 3.8) is 0 Å². The highest BCUT2D eigenvalue weighted by molar-refractivity contribution is 5.92. The first kappa shape index (κ1) is 12.9. The first-order valence-electron chi connectivity index (χ1n) is 5.65. The number of hydrazine groups is 1. The van der Waals surface area contributed by atoms with E-state index in [9.17, 15) is 4.79 Å². The predicted molar refractivity (Wildman–Crippen MR) is 61.2 cm³/mol. The zero-order valence-corrected chi connectivity index (χ0v) is 9.65. The lowest BCUT2D eigenvalue weighted by Gasteiger charge is -2.38. The summed E-state index contributed by atoms with van der Waals surface area (Å²) in [7, 11) is 0. The molecule has 6 heteroatoms. The van der Waals surface area contributed by atoms with E-state index in [1.165, 1.54) is 0 Å². The standard InChI is InChI=1S/C10H20N4O2/c1-2-9(12)14(10(15)16)13-5-3-4-8(6-11)7-13/h8,12H,2-7,11H2,1H3,(H,15,16)/t8-/m0/s1. The van der Waals surface area contributed by atoms with E-state index in [1.54, 1.807) is 11.9 Å². The lowest BCUT2D eigenvalue weighted by molar-refractivity contribution is 0.0114. The Kier molecular flexibility index (Phi) is 4.70. The van der Waals surface area contributed by atoms with Gasteiger partial charge in [0.25, 0.3) is 0 Å². The second-order valence-electron chi connectivity index (χ2n) is 4.05. The van der Waals surface area contributed by atoms with Gasteiger partial charge in [0.05, 0.1) is 0 Å². The van der Waals surface area contributed by atoms with Gasteiger partial charge >= 0.3 is 6.09 Å². The van der Waals surface area contributed by atoms with Gasteiger partial charge < -0.3 is 10.8 Å². The molecule has 0 unspecified atom stereocenters. The SMILES string of the molecule is CCC(=N)N(C(=O)O)N1CCC[C@@H](CN)C1. The highest BCUT2D eigenvalue weighted by Gasteiger charge is 2.28. The summed E-state index contributed by atoms with van der Waals surface area (Å²) in [6, 6.07) is 0. The predicted octanol–water partition coefficient (Wildman–Crippen LogP) is 0.939. The lowest BCUT2D eigenvalue weighted by atomic mass is 9.99. The Bertz CT molecular complexity index is 270. The van der Waals surface area contributed by atoms with Crippen molar-refractivity contribution in [1.29, 1.82) is 5.41 Å². The summed E-state index contributed by atoms with van der Waals surface area (Å²) in [4.78, 5) is 11.1. The highest BCUT2D eigenvalue weighted by atomic mass is 16.4. The number of nitrogens with one attached hydrogen (secondary N) is 1. The molecule has 1 aliphatic rings. The smallest absolute Gasteiger partial charge is 0.427 e. The van der Waals surface area contributed by atoms with Crippen molar-refractivity contribution >= 4 is 11.9 Å². The van der Waals surface area contributed by atoms with Crippen molar-refractivity contribution < 1.29 is 9.90 Å². The van der Waals surface area contributed by atoms with Crippen molar-refractivity contribution in [2.75, 3.05) is 19.6 Å². The topological polar surface area (TPSA) is 93.6 Å². The van der Waals surface area contributed by atoms with Crippen LogP contribution in [0.3, 0.4) is 0 Å². The van der Waals surface area contributed by atoms with Crippen molar-refractivity contribution in [3.8, 4) is 0 Å². The monoisotopic (exact) mass is 228 g/mol. The van der Waals surface area contributed by atoms with Gasteiger partial charge in [-0.15, -0.1) is 0 Å². The van der Waals surface area contributed by atoms with E-state index in [-0.39, 0.29) is 5.84 Å². The van der Waals surface area contributed by atoms with Crippen molar-refractivity contribution in [2.24, 2.45) is 11.7 Å². The Morgan fingerprint density at radius 1 is 1.69 bits per heavy atom. The largest absolute Gasteiger partial charge is 0.464 e. The van der Waals surface area contributed by atoms with Crippen LogP contribution >= 0.6 is 0 Å². The number of nitrogens with zero attached hydrogens (tertiary/aromatic N) is 2. The second-order valence-corrected chi connectivity index (χ2v) is 4.05. The molecule has 1 rings (SSSR count). The van der Waals surface area contributed by atoms with Crippen molar-refractivity contribution in [3.05, 3.63) is 0 Å². The highest BCUT2D eigenvalue weighted by Crippen LogP contribution is 2.17. The second kappa shape index (κ2) is 5.81. The van der Waals surface area contributed by atoms with Crippen LogP contribution in [0.1, 0.15) is 26.2 Å². The quantitative estimate of drug-likeness (QED) is 0.495. The molecule has 1 amide bonds. The van der Waals surface area contributed by atoms with Gasteiger partial charge in [0.1, 0.15) is 5.84 Å². The summed E-state index contributed by atoms with van der Waals surface area (Å²) in [6.45, 7) is 3.67. The molecule has 92 valence electrons. The zero-order valence-electron chi connectivity index (χ0n) is 9.65. The summed E-state index contributed by atoms with van der Waals surface area (Å²) in [5.74, 6) is 0.449. The third-order valence-corrected chi connectivity index (χ3v) is 2.89. The molecule has 0 aromatic carbocycles. The zero-order chi connectivity index (χ0) is 12.1.